The van der Waals surface area contributed by atoms with Gasteiger partial charge in [0.1, 0.15) is 0 Å². The van der Waals surface area contributed by atoms with E-state index in [0.29, 0.717) is 12.0 Å². The molecule has 0 aromatic heterocycles. The maximum absolute atomic E-state index is 12.8. The van der Waals surface area contributed by atoms with Crippen molar-refractivity contribution in [2.24, 2.45) is 0 Å². The van der Waals surface area contributed by atoms with E-state index in [0.717, 1.165) is 11.1 Å². The molecular weight excluding hydrogens is 386 g/mol. The average molecular weight is 407 g/mol. The first-order valence-corrected chi connectivity index (χ1v) is 9.26. The third-order valence-corrected chi connectivity index (χ3v) is 4.05. The Kier molecular flexibility index (Phi) is 7.42. The third kappa shape index (κ3) is 5.52. The minimum absolute atomic E-state index is 0.0774. The van der Waals surface area contributed by atoms with Crippen LogP contribution in [0, 0.1) is 22.0 Å². The lowest BCUT2D eigenvalue weighted by atomic mass is 10.1. The Labute approximate surface area is 174 Å². The van der Waals surface area contributed by atoms with Gasteiger partial charge in [-0.3, -0.25) is 29.9 Å². The normalized spacial score (nSPS) is 10.0. The molecule has 0 aliphatic heterocycles. The van der Waals surface area contributed by atoms with E-state index in [1.165, 1.54) is 42.5 Å². The number of carbonyl (C=O) groups is 3. The Morgan fingerprint density at radius 1 is 1.07 bits per heavy atom. The van der Waals surface area contributed by atoms with E-state index in [-0.39, 0.29) is 22.6 Å². The van der Waals surface area contributed by atoms with E-state index < -0.39 is 22.8 Å². The lowest BCUT2D eigenvalue weighted by Gasteiger charge is -2.27. The topological polar surface area (TPSA) is 110 Å². The lowest BCUT2D eigenvalue weighted by molar-refractivity contribution is -0.384. The molecule has 30 heavy (non-hydrogen) atoms. The molecule has 0 fully saturated rings. The first kappa shape index (κ1) is 22.3. The number of hydrogen-bond acceptors (Lipinski definition) is 5. The van der Waals surface area contributed by atoms with Crippen molar-refractivity contribution in [1.82, 2.24) is 10.4 Å². The van der Waals surface area contributed by atoms with Crippen LogP contribution in [0.4, 0.5) is 5.69 Å². The molecule has 2 amide bonds. The molecule has 1 N–H and O–H groups in total. The van der Waals surface area contributed by atoms with E-state index in [9.17, 15) is 24.5 Å². The summed E-state index contributed by atoms with van der Waals surface area (Å²) in [5.74, 6) is 3.72. The van der Waals surface area contributed by atoms with Crippen LogP contribution in [0.15, 0.2) is 48.5 Å². The van der Waals surface area contributed by atoms with Crippen molar-refractivity contribution in [3.8, 4) is 11.8 Å². The van der Waals surface area contributed by atoms with Crippen molar-refractivity contribution < 1.29 is 19.3 Å². The fraction of sp³-hybridized carbons (Fsp3) is 0.227. The van der Waals surface area contributed by atoms with Crippen LogP contribution < -0.4 is 5.43 Å². The Morgan fingerprint density at radius 2 is 1.70 bits per heavy atom. The molecule has 0 aliphatic rings. The predicted octanol–water partition coefficient (Wildman–Crippen LogP) is 3.39. The van der Waals surface area contributed by atoms with Gasteiger partial charge in [0.15, 0.2) is 0 Å². The van der Waals surface area contributed by atoms with Crippen LogP contribution in [0.5, 0.6) is 0 Å². The predicted molar refractivity (Wildman–Crippen MR) is 111 cm³/mol. The van der Waals surface area contributed by atoms with Gasteiger partial charge in [-0.25, -0.2) is 5.01 Å². The minimum atomic E-state index is -0.594. The molecule has 0 heterocycles. The van der Waals surface area contributed by atoms with Gasteiger partial charge in [-0.2, -0.15) is 0 Å². The molecule has 154 valence electrons. The Morgan fingerprint density at radius 3 is 2.27 bits per heavy atom. The van der Waals surface area contributed by atoms with Gasteiger partial charge in [-0.15, -0.1) is 0 Å². The quantitative estimate of drug-likeness (QED) is 0.269. The number of ketones is 1. The number of nitrogens with one attached hydrogen (secondary N) is 1. The van der Waals surface area contributed by atoms with Gasteiger partial charge in [0.2, 0.25) is 5.78 Å². The number of rotatable bonds is 5. The highest BCUT2D eigenvalue weighted by Crippen LogP contribution is 2.16. The zero-order valence-electron chi connectivity index (χ0n) is 16.8. The largest absolute Gasteiger partial charge is 0.279 e. The number of nitro benzene ring substituents is 1. The summed E-state index contributed by atoms with van der Waals surface area (Å²) in [6.07, 6.45) is 0.565. The number of nitrogens with zero attached hydrogens (tertiary/aromatic N) is 2. The Bertz CT molecular complexity index is 1030. The fourth-order valence-electron chi connectivity index (χ4n) is 2.49. The molecule has 8 nitrogen and oxygen atoms in total. The summed E-state index contributed by atoms with van der Waals surface area (Å²) < 4.78 is 0. The highest BCUT2D eigenvalue weighted by molar-refractivity contribution is 6.09. The Balaban J connectivity index is 2.19. The van der Waals surface area contributed by atoms with E-state index >= 15 is 0 Å². The van der Waals surface area contributed by atoms with Crippen molar-refractivity contribution in [1.29, 1.82) is 0 Å². The van der Waals surface area contributed by atoms with Gasteiger partial charge >= 0.3 is 0 Å². The first-order valence-electron chi connectivity index (χ1n) is 9.26. The maximum Gasteiger partial charge on any atom is 0.272 e. The summed E-state index contributed by atoms with van der Waals surface area (Å²) in [7, 11) is 0. The van der Waals surface area contributed by atoms with Crippen LogP contribution in [-0.4, -0.2) is 33.6 Å². The first-order chi connectivity index (χ1) is 14.2. The molecular formula is C22H21N3O5. The van der Waals surface area contributed by atoms with Crippen LogP contribution >= 0.6 is 0 Å². The summed E-state index contributed by atoms with van der Waals surface area (Å²) in [5, 5.41) is 12.1. The Hall–Kier alpha value is -3.99. The summed E-state index contributed by atoms with van der Waals surface area (Å²) in [6.45, 7) is 5.23. The van der Waals surface area contributed by atoms with Gasteiger partial charge in [0.25, 0.3) is 17.5 Å². The van der Waals surface area contributed by atoms with Crippen LogP contribution in [0.2, 0.25) is 0 Å². The maximum atomic E-state index is 12.8. The number of hydrogen-bond donors (Lipinski definition) is 1. The standard InChI is InChI=1S/C22H21N3O5/c1-4-5-9-20(26)16-10-12-17(13-11-16)21(27)23-24(15(2)3)22(28)18-7-6-8-19(14-18)25(29)30/h6-8,10-15H,4H2,1-3H3,(H,23,27). The van der Waals surface area contributed by atoms with Crippen molar-refractivity contribution in [2.75, 3.05) is 0 Å². The van der Waals surface area contributed by atoms with Crippen LogP contribution in [0.1, 0.15) is 58.3 Å². The third-order valence-electron chi connectivity index (χ3n) is 4.05. The SMILES string of the molecule is CCC#CC(=O)c1ccc(C(=O)NN(C(=O)c2cccc([N+](=O)[O-])c2)C(C)C)cc1. The number of non-ortho nitro benzene ring substituents is 1. The molecule has 0 bridgehead atoms. The highest BCUT2D eigenvalue weighted by atomic mass is 16.6. The zero-order chi connectivity index (χ0) is 22.3. The van der Waals surface area contributed by atoms with Crippen molar-refractivity contribution in [3.63, 3.8) is 0 Å². The minimum Gasteiger partial charge on any atom is -0.279 e. The van der Waals surface area contributed by atoms with Gasteiger partial charge in [0.05, 0.1) is 4.92 Å². The van der Waals surface area contributed by atoms with Crippen molar-refractivity contribution >= 4 is 23.3 Å². The van der Waals surface area contributed by atoms with E-state index in [2.05, 4.69) is 17.3 Å². The molecule has 0 aliphatic carbocycles. The molecule has 0 unspecified atom stereocenters. The number of nitro groups is 1. The fourth-order valence-corrected chi connectivity index (χ4v) is 2.49. The molecule has 0 saturated heterocycles. The second kappa shape index (κ2) is 9.98. The second-order valence-corrected chi connectivity index (χ2v) is 6.58. The second-order valence-electron chi connectivity index (χ2n) is 6.58. The van der Waals surface area contributed by atoms with Gasteiger partial charge in [-0.1, -0.05) is 18.9 Å². The monoisotopic (exact) mass is 407 g/mol. The molecule has 0 atom stereocenters. The summed E-state index contributed by atoms with van der Waals surface area (Å²) in [6, 6.07) is 10.8. The number of amides is 2. The molecule has 2 aromatic rings. The molecule has 2 rings (SSSR count). The molecule has 0 spiro atoms. The van der Waals surface area contributed by atoms with Gasteiger partial charge < -0.3 is 0 Å². The molecule has 0 saturated carbocycles. The number of Topliss-reactive ketones (excluding diaryl/α,β-unsaturated/α-hetero) is 1. The summed E-state index contributed by atoms with van der Waals surface area (Å²) in [4.78, 5) is 47.7. The summed E-state index contributed by atoms with van der Waals surface area (Å²) in [5.41, 5.74) is 2.99. The number of hydrazine groups is 1. The number of carbonyl (C=O) groups excluding carboxylic acids is 3. The van der Waals surface area contributed by atoms with Crippen molar-refractivity contribution in [2.45, 2.75) is 33.2 Å². The summed E-state index contributed by atoms with van der Waals surface area (Å²) >= 11 is 0. The zero-order valence-corrected chi connectivity index (χ0v) is 16.8. The van der Waals surface area contributed by atoms with Gasteiger partial charge in [-0.05, 0) is 50.1 Å². The van der Waals surface area contributed by atoms with E-state index in [1.54, 1.807) is 13.8 Å². The van der Waals surface area contributed by atoms with Crippen LogP contribution in [0.3, 0.4) is 0 Å². The van der Waals surface area contributed by atoms with E-state index in [4.69, 9.17) is 0 Å². The van der Waals surface area contributed by atoms with Crippen LogP contribution in [-0.2, 0) is 0 Å². The lowest BCUT2D eigenvalue weighted by Crippen LogP contribution is -2.50. The van der Waals surface area contributed by atoms with Gasteiger partial charge in [0, 0.05) is 41.3 Å². The van der Waals surface area contributed by atoms with Crippen molar-refractivity contribution in [3.05, 3.63) is 75.3 Å². The molecule has 8 heteroatoms. The molecule has 2 aromatic carbocycles. The highest BCUT2D eigenvalue weighted by Gasteiger charge is 2.23. The van der Waals surface area contributed by atoms with Crippen LogP contribution in [0.25, 0.3) is 0 Å². The smallest absolute Gasteiger partial charge is 0.272 e. The number of benzene rings is 2. The average Bonchev–Trinajstić information content (AvgIpc) is 2.75. The molecule has 0 radical (unpaired) electrons. The van der Waals surface area contributed by atoms with E-state index in [1.807, 2.05) is 6.92 Å².